The van der Waals surface area contributed by atoms with E-state index in [4.69, 9.17) is 11.6 Å². The molecule has 3 aromatic rings. The number of benzene rings is 2. The van der Waals surface area contributed by atoms with E-state index in [0.717, 1.165) is 16.8 Å². The van der Waals surface area contributed by atoms with Crippen LogP contribution in [0.15, 0.2) is 66.7 Å². The third kappa shape index (κ3) is 3.15. The maximum atomic E-state index is 12.3. The maximum absolute atomic E-state index is 12.3. The van der Waals surface area contributed by atoms with Crippen LogP contribution in [0.5, 0.6) is 0 Å². The molecule has 4 heteroatoms. The Hall–Kier alpha value is -2.10. The first-order valence-corrected chi connectivity index (χ1v) is 7.64. The minimum absolute atomic E-state index is 0.143. The zero-order valence-electron chi connectivity index (χ0n) is 11.0. The molecule has 0 bridgehead atoms. The van der Waals surface area contributed by atoms with Crippen LogP contribution in [0.2, 0.25) is 4.34 Å². The second-order valence-corrected chi connectivity index (χ2v) is 6.18. The van der Waals surface area contributed by atoms with E-state index < -0.39 is 0 Å². The van der Waals surface area contributed by atoms with Crippen LogP contribution in [-0.2, 0) is 0 Å². The summed E-state index contributed by atoms with van der Waals surface area (Å²) in [5, 5.41) is 2.95. The van der Waals surface area contributed by atoms with E-state index in [2.05, 4.69) is 5.32 Å². The van der Waals surface area contributed by atoms with Crippen molar-refractivity contribution in [2.45, 2.75) is 0 Å². The van der Waals surface area contributed by atoms with Gasteiger partial charge in [-0.05, 0) is 23.8 Å². The van der Waals surface area contributed by atoms with Gasteiger partial charge >= 0.3 is 0 Å². The summed E-state index contributed by atoms with van der Waals surface area (Å²) in [4.78, 5) is 12.9. The van der Waals surface area contributed by atoms with Crippen LogP contribution in [0.25, 0.3) is 11.1 Å². The van der Waals surface area contributed by atoms with Crippen molar-refractivity contribution >= 4 is 34.5 Å². The average molecular weight is 314 g/mol. The van der Waals surface area contributed by atoms with Gasteiger partial charge in [0.25, 0.3) is 5.91 Å². The van der Waals surface area contributed by atoms with Gasteiger partial charge in [-0.2, -0.15) is 0 Å². The van der Waals surface area contributed by atoms with Crippen molar-refractivity contribution in [1.29, 1.82) is 0 Å². The number of thiophene rings is 1. The Morgan fingerprint density at radius 3 is 2.33 bits per heavy atom. The highest BCUT2D eigenvalue weighted by molar-refractivity contribution is 7.18. The summed E-state index contributed by atoms with van der Waals surface area (Å²) in [6, 6.07) is 21.2. The molecular formula is C17H12ClNOS. The predicted molar refractivity (Wildman–Crippen MR) is 89.2 cm³/mol. The topological polar surface area (TPSA) is 29.1 Å². The van der Waals surface area contributed by atoms with Crippen LogP contribution < -0.4 is 5.32 Å². The molecule has 0 saturated carbocycles. The van der Waals surface area contributed by atoms with Crippen LogP contribution in [0.1, 0.15) is 9.67 Å². The molecule has 21 heavy (non-hydrogen) atoms. The molecule has 2 aromatic carbocycles. The molecule has 1 N–H and O–H groups in total. The fourth-order valence-electron chi connectivity index (χ4n) is 2.08. The first-order chi connectivity index (χ1) is 10.2. The molecule has 0 atom stereocenters. The van der Waals surface area contributed by atoms with E-state index in [9.17, 15) is 4.79 Å². The number of hydrogen-bond acceptors (Lipinski definition) is 2. The number of hydrogen-bond donors (Lipinski definition) is 1. The molecule has 104 valence electrons. The number of para-hydroxylation sites is 1. The number of rotatable bonds is 3. The highest BCUT2D eigenvalue weighted by Crippen LogP contribution is 2.29. The molecule has 0 aliphatic rings. The summed E-state index contributed by atoms with van der Waals surface area (Å²) in [7, 11) is 0. The molecule has 0 aliphatic heterocycles. The van der Waals surface area contributed by atoms with E-state index in [1.54, 1.807) is 12.1 Å². The highest BCUT2D eigenvalue weighted by Gasteiger charge is 2.11. The number of carbonyl (C=O) groups is 1. The van der Waals surface area contributed by atoms with Crippen molar-refractivity contribution < 1.29 is 4.79 Å². The van der Waals surface area contributed by atoms with Crippen molar-refractivity contribution in [3.8, 4) is 11.1 Å². The number of nitrogens with one attached hydrogen (secondary N) is 1. The van der Waals surface area contributed by atoms with Crippen molar-refractivity contribution in [2.75, 3.05) is 5.32 Å². The van der Waals surface area contributed by atoms with Gasteiger partial charge in [0, 0.05) is 11.3 Å². The number of amides is 1. The zero-order valence-corrected chi connectivity index (χ0v) is 12.6. The summed E-state index contributed by atoms with van der Waals surface area (Å²) in [6.45, 7) is 0. The Kier molecular flexibility index (Phi) is 4.04. The smallest absolute Gasteiger partial charge is 0.265 e. The Morgan fingerprint density at radius 1 is 0.905 bits per heavy atom. The SMILES string of the molecule is O=C(Nc1ccccc1-c1ccccc1)c1ccc(Cl)s1. The lowest BCUT2D eigenvalue weighted by Gasteiger charge is -2.10. The molecule has 2 nitrogen and oxygen atoms in total. The first kappa shape index (κ1) is 13.9. The van der Waals surface area contributed by atoms with E-state index in [1.165, 1.54) is 11.3 Å². The lowest BCUT2D eigenvalue weighted by Crippen LogP contribution is -2.10. The largest absolute Gasteiger partial charge is 0.321 e. The van der Waals surface area contributed by atoms with Crippen molar-refractivity contribution in [3.05, 3.63) is 75.9 Å². The van der Waals surface area contributed by atoms with Gasteiger partial charge in [0.05, 0.1) is 9.21 Å². The monoisotopic (exact) mass is 313 g/mol. The maximum Gasteiger partial charge on any atom is 0.265 e. The second kappa shape index (κ2) is 6.12. The third-order valence-corrected chi connectivity index (χ3v) is 4.29. The predicted octanol–water partition coefficient (Wildman–Crippen LogP) is 5.32. The van der Waals surface area contributed by atoms with Gasteiger partial charge in [0.1, 0.15) is 0 Å². The lowest BCUT2D eigenvalue weighted by atomic mass is 10.0. The number of anilines is 1. The highest BCUT2D eigenvalue weighted by atomic mass is 35.5. The first-order valence-electron chi connectivity index (χ1n) is 6.45. The second-order valence-electron chi connectivity index (χ2n) is 4.47. The van der Waals surface area contributed by atoms with Gasteiger partial charge in [0.2, 0.25) is 0 Å². The third-order valence-electron chi connectivity index (χ3n) is 3.06. The van der Waals surface area contributed by atoms with Crippen LogP contribution in [0.4, 0.5) is 5.69 Å². The molecule has 0 unspecified atom stereocenters. The Labute approximate surface area is 132 Å². The number of halogens is 1. The molecule has 0 saturated heterocycles. The van der Waals surface area contributed by atoms with Crippen LogP contribution in [0.3, 0.4) is 0 Å². The number of carbonyl (C=O) groups excluding carboxylic acids is 1. The van der Waals surface area contributed by atoms with Gasteiger partial charge in [-0.25, -0.2) is 0 Å². The fourth-order valence-corrected chi connectivity index (χ4v) is 3.02. The summed E-state index contributed by atoms with van der Waals surface area (Å²) in [5.74, 6) is -0.143. The van der Waals surface area contributed by atoms with Gasteiger partial charge in [0.15, 0.2) is 0 Å². The van der Waals surface area contributed by atoms with Gasteiger partial charge < -0.3 is 5.32 Å². The summed E-state index contributed by atoms with van der Waals surface area (Å²) >= 11 is 7.14. The van der Waals surface area contributed by atoms with Gasteiger partial charge in [-0.15, -0.1) is 11.3 Å². The average Bonchev–Trinajstić information content (AvgIpc) is 2.95. The molecular weight excluding hydrogens is 302 g/mol. The van der Waals surface area contributed by atoms with E-state index in [0.29, 0.717) is 9.21 Å². The molecule has 1 amide bonds. The summed E-state index contributed by atoms with van der Waals surface area (Å²) in [6.07, 6.45) is 0. The molecule has 0 fully saturated rings. The molecule has 0 aliphatic carbocycles. The quantitative estimate of drug-likeness (QED) is 0.696. The van der Waals surface area contributed by atoms with E-state index >= 15 is 0 Å². The zero-order chi connectivity index (χ0) is 14.7. The Balaban J connectivity index is 1.91. The normalized spacial score (nSPS) is 10.3. The minimum Gasteiger partial charge on any atom is -0.321 e. The Bertz CT molecular complexity index is 767. The molecule has 1 aromatic heterocycles. The van der Waals surface area contributed by atoms with Crippen molar-refractivity contribution in [1.82, 2.24) is 0 Å². The minimum atomic E-state index is -0.143. The molecule has 0 spiro atoms. The van der Waals surface area contributed by atoms with E-state index in [1.807, 2.05) is 54.6 Å². The van der Waals surface area contributed by atoms with Crippen molar-refractivity contribution in [3.63, 3.8) is 0 Å². The fraction of sp³-hybridized carbons (Fsp3) is 0. The summed E-state index contributed by atoms with van der Waals surface area (Å²) in [5.41, 5.74) is 2.85. The van der Waals surface area contributed by atoms with Gasteiger partial charge in [-0.1, -0.05) is 60.1 Å². The molecule has 0 radical (unpaired) electrons. The summed E-state index contributed by atoms with van der Waals surface area (Å²) < 4.78 is 0.608. The van der Waals surface area contributed by atoms with Crippen LogP contribution >= 0.6 is 22.9 Å². The Morgan fingerprint density at radius 2 is 1.62 bits per heavy atom. The van der Waals surface area contributed by atoms with Gasteiger partial charge in [-0.3, -0.25) is 4.79 Å². The van der Waals surface area contributed by atoms with E-state index in [-0.39, 0.29) is 5.91 Å². The molecule has 1 heterocycles. The molecule has 3 rings (SSSR count). The van der Waals surface area contributed by atoms with Crippen LogP contribution in [-0.4, -0.2) is 5.91 Å². The van der Waals surface area contributed by atoms with Crippen molar-refractivity contribution in [2.24, 2.45) is 0 Å². The van der Waals surface area contributed by atoms with Crippen LogP contribution in [0, 0.1) is 0 Å². The lowest BCUT2D eigenvalue weighted by molar-refractivity contribution is 0.103. The standard InChI is InChI=1S/C17H12ClNOS/c18-16-11-10-15(21-16)17(20)19-14-9-5-4-8-13(14)12-6-2-1-3-7-12/h1-11H,(H,19,20).